The summed E-state index contributed by atoms with van der Waals surface area (Å²) in [7, 11) is 1.76. The molecule has 1 aliphatic heterocycles. The average molecular weight is 535 g/mol. The van der Waals surface area contributed by atoms with Gasteiger partial charge in [0, 0.05) is 51.3 Å². The van der Waals surface area contributed by atoms with Crippen molar-refractivity contribution in [2.24, 2.45) is 4.99 Å². The highest BCUT2D eigenvalue weighted by atomic mass is 127. The van der Waals surface area contributed by atoms with Crippen LogP contribution in [-0.4, -0.2) is 46.9 Å². The monoisotopic (exact) mass is 535 g/mol. The Labute approximate surface area is 198 Å². The van der Waals surface area contributed by atoms with E-state index in [1.807, 2.05) is 21.8 Å². The van der Waals surface area contributed by atoms with E-state index in [9.17, 15) is 4.39 Å². The smallest absolute Gasteiger partial charge is 0.191 e. The second kappa shape index (κ2) is 11.1. The number of benzene rings is 1. The lowest BCUT2D eigenvalue weighted by Crippen LogP contribution is -2.44. The van der Waals surface area contributed by atoms with Crippen molar-refractivity contribution in [1.82, 2.24) is 25.4 Å². The van der Waals surface area contributed by atoms with Crippen LogP contribution in [0.3, 0.4) is 0 Å². The SMILES string of the molecule is CN=C(NCc1cccc(Cn2cccn2)c1)NC1CCN(c2ncccc2F)C1.I. The van der Waals surface area contributed by atoms with Crippen molar-refractivity contribution in [2.75, 3.05) is 25.0 Å². The molecule has 2 aromatic heterocycles. The second-order valence-corrected chi connectivity index (χ2v) is 7.33. The number of aliphatic imine (C=N–C) groups is 1. The third-order valence-corrected chi connectivity index (χ3v) is 5.15. The molecule has 1 fully saturated rings. The zero-order valence-corrected chi connectivity index (χ0v) is 19.7. The summed E-state index contributed by atoms with van der Waals surface area (Å²) in [5.41, 5.74) is 2.37. The molecular weight excluding hydrogens is 508 g/mol. The van der Waals surface area contributed by atoms with E-state index in [1.165, 1.54) is 17.2 Å². The van der Waals surface area contributed by atoms with Gasteiger partial charge in [0.05, 0.1) is 6.54 Å². The maximum Gasteiger partial charge on any atom is 0.191 e. The molecule has 0 amide bonds. The van der Waals surface area contributed by atoms with Crippen LogP contribution in [0.25, 0.3) is 0 Å². The van der Waals surface area contributed by atoms with Gasteiger partial charge in [0.2, 0.25) is 0 Å². The van der Waals surface area contributed by atoms with Gasteiger partial charge in [-0.2, -0.15) is 5.10 Å². The van der Waals surface area contributed by atoms with Gasteiger partial charge in [-0.15, -0.1) is 24.0 Å². The van der Waals surface area contributed by atoms with Gasteiger partial charge in [0.15, 0.2) is 17.6 Å². The number of nitrogens with one attached hydrogen (secondary N) is 2. The van der Waals surface area contributed by atoms with Gasteiger partial charge < -0.3 is 15.5 Å². The van der Waals surface area contributed by atoms with Crippen LogP contribution in [0.2, 0.25) is 0 Å². The lowest BCUT2D eigenvalue weighted by Gasteiger charge is -2.20. The maximum absolute atomic E-state index is 14.0. The van der Waals surface area contributed by atoms with E-state index in [4.69, 9.17) is 0 Å². The van der Waals surface area contributed by atoms with Crippen LogP contribution in [0, 0.1) is 5.82 Å². The molecule has 0 saturated carbocycles. The maximum atomic E-state index is 14.0. The van der Waals surface area contributed by atoms with Crippen LogP contribution in [-0.2, 0) is 13.1 Å². The molecule has 164 valence electrons. The van der Waals surface area contributed by atoms with Gasteiger partial charge in [0.25, 0.3) is 0 Å². The predicted molar refractivity (Wildman–Crippen MR) is 131 cm³/mol. The summed E-state index contributed by atoms with van der Waals surface area (Å²) in [4.78, 5) is 10.5. The third-order valence-electron chi connectivity index (χ3n) is 5.15. The molecule has 0 aliphatic carbocycles. The fourth-order valence-corrected chi connectivity index (χ4v) is 3.67. The molecular formula is C22H27FIN7. The zero-order valence-electron chi connectivity index (χ0n) is 17.4. The molecule has 1 atom stereocenters. The number of nitrogens with zero attached hydrogens (tertiary/aromatic N) is 5. The Morgan fingerprint density at radius 3 is 2.84 bits per heavy atom. The van der Waals surface area contributed by atoms with E-state index >= 15 is 0 Å². The molecule has 3 heterocycles. The Bertz CT molecular complexity index is 993. The number of hydrogen-bond donors (Lipinski definition) is 2. The van der Waals surface area contributed by atoms with E-state index in [0.29, 0.717) is 18.9 Å². The van der Waals surface area contributed by atoms with Crippen molar-refractivity contribution in [3.05, 3.63) is 78.0 Å². The lowest BCUT2D eigenvalue weighted by molar-refractivity contribution is 0.612. The molecule has 1 unspecified atom stereocenters. The van der Waals surface area contributed by atoms with Crippen molar-refractivity contribution >= 4 is 35.8 Å². The van der Waals surface area contributed by atoms with Gasteiger partial charge >= 0.3 is 0 Å². The lowest BCUT2D eigenvalue weighted by atomic mass is 10.1. The van der Waals surface area contributed by atoms with E-state index < -0.39 is 0 Å². The van der Waals surface area contributed by atoms with Crippen LogP contribution in [0.15, 0.2) is 66.0 Å². The molecule has 3 aromatic rings. The fraction of sp³-hybridized carbons (Fsp3) is 0.318. The van der Waals surface area contributed by atoms with Crippen LogP contribution < -0.4 is 15.5 Å². The standard InChI is InChI=1S/C22H26FN7.HI/c1-24-22(28-19-8-12-29(16-19)21-20(23)7-3-9-25-21)26-14-17-5-2-6-18(13-17)15-30-11-4-10-27-30;/h2-7,9-11,13,19H,8,12,14-16H2,1H3,(H2,24,26,28);1H. The summed E-state index contributed by atoms with van der Waals surface area (Å²) in [5, 5.41) is 11.1. The normalized spacial score (nSPS) is 16.1. The van der Waals surface area contributed by atoms with Crippen LogP contribution >= 0.6 is 24.0 Å². The Hall–Kier alpha value is -2.69. The summed E-state index contributed by atoms with van der Waals surface area (Å²) in [6.07, 6.45) is 6.27. The molecule has 2 N–H and O–H groups in total. The van der Waals surface area contributed by atoms with Crippen LogP contribution in [0.5, 0.6) is 0 Å². The van der Waals surface area contributed by atoms with Gasteiger partial charge in [-0.25, -0.2) is 9.37 Å². The first kappa shape index (κ1) is 23.0. The van der Waals surface area contributed by atoms with Crippen molar-refractivity contribution in [2.45, 2.75) is 25.6 Å². The van der Waals surface area contributed by atoms with Crippen molar-refractivity contribution in [3.8, 4) is 0 Å². The Kier molecular flexibility index (Phi) is 8.21. The first-order chi connectivity index (χ1) is 14.7. The average Bonchev–Trinajstić information content (AvgIpc) is 3.44. The molecule has 4 rings (SSSR count). The Morgan fingerprint density at radius 2 is 2.06 bits per heavy atom. The summed E-state index contributed by atoms with van der Waals surface area (Å²) in [6.45, 7) is 2.86. The van der Waals surface area contributed by atoms with E-state index in [-0.39, 0.29) is 35.8 Å². The highest BCUT2D eigenvalue weighted by molar-refractivity contribution is 14.0. The van der Waals surface area contributed by atoms with Crippen molar-refractivity contribution in [3.63, 3.8) is 0 Å². The summed E-state index contributed by atoms with van der Waals surface area (Å²) in [5.74, 6) is 0.871. The summed E-state index contributed by atoms with van der Waals surface area (Å²) >= 11 is 0. The summed E-state index contributed by atoms with van der Waals surface area (Å²) < 4.78 is 15.9. The largest absolute Gasteiger partial charge is 0.352 e. The topological polar surface area (TPSA) is 70.4 Å². The number of pyridine rings is 1. The minimum Gasteiger partial charge on any atom is -0.352 e. The number of aromatic nitrogens is 3. The highest BCUT2D eigenvalue weighted by Gasteiger charge is 2.25. The molecule has 1 aliphatic rings. The first-order valence-corrected chi connectivity index (χ1v) is 10.1. The minimum atomic E-state index is -0.282. The predicted octanol–water partition coefficient (Wildman–Crippen LogP) is 3.03. The fourth-order valence-electron chi connectivity index (χ4n) is 3.67. The van der Waals surface area contributed by atoms with E-state index in [0.717, 1.165) is 25.5 Å². The third kappa shape index (κ3) is 6.16. The van der Waals surface area contributed by atoms with Gasteiger partial charge in [-0.05, 0) is 35.7 Å². The zero-order chi connectivity index (χ0) is 20.8. The van der Waals surface area contributed by atoms with Gasteiger partial charge in [-0.3, -0.25) is 9.67 Å². The van der Waals surface area contributed by atoms with E-state index in [1.54, 1.807) is 25.5 Å². The Balaban J connectivity index is 0.00000272. The highest BCUT2D eigenvalue weighted by Crippen LogP contribution is 2.20. The molecule has 0 radical (unpaired) electrons. The molecule has 1 saturated heterocycles. The van der Waals surface area contributed by atoms with Gasteiger partial charge in [-0.1, -0.05) is 24.3 Å². The molecule has 9 heteroatoms. The van der Waals surface area contributed by atoms with Crippen molar-refractivity contribution < 1.29 is 4.39 Å². The quantitative estimate of drug-likeness (QED) is 0.289. The molecule has 0 spiro atoms. The van der Waals surface area contributed by atoms with E-state index in [2.05, 4.69) is 50.0 Å². The number of halogens is 2. The Morgan fingerprint density at radius 1 is 1.19 bits per heavy atom. The minimum absolute atomic E-state index is 0. The van der Waals surface area contributed by atoms with Crippen molar-refractivity contribution in [1.29, 1.82) is 0 Å². The molecule has 31 heavy (non-hydrogen) atoms. The van der Waals surface area contributed by atoms with Gasteiger partial charge in [0.1, 0.15) is 0 Å². The first-order valence-electron chi connectivity index (χ1n) is 10.1. The molecule has 0 bridgehead atoms. The summed E-state index contributed by atoms with van der Waals surface area (Å²) in [6, 6.07) is 13.6. The van der Waals surface area contributed by atoms with Crippen LogP contribution in [0.1, 0.15) is 17.5 Å². The number of anilines is 1. The molecule has 1 aromatic carbocycles. The second-order valence-electron chi connectivity index (χ2n) is 7.33. The van der Waals surface area contributed by atoms with Crippen LogP contribution in [0.4, 0.5) is 10.2 Å². The number of hydrogen-bond acceptors (Lipinski definition) is 4. The number of rotatable bonds is 6. The number of guanidine groups is 1. The molecule has 7 nitrogen and oxygen atoms in total.